The molecule has 0 radical (unpaired) electrons. The summed E-state index contributed by atoms with van der Waals surface area (Å²) in [6.07, 6.45) is 0. The van der Waals surface area contributed by atoms with Crippen molar-refractivity contribution in [1.29, 1.82) is 0 Å². The molecule has 1 fully saturated rings. The second-order valence-corrected chi connectivity index (χ2v) is 8.09. The Hall–Kier alpha value is 0.0600. The van der Waals surface area contributed by atoms with E-state index in [1.807, 2.05) is 0 Å². The molecule has 18 heavy (non-hydrogen) atoms. The molecule has 0 amide bonds. The molecule has 0 bridgehead atoms. The van der Waals surface area contributed by atoms with E-state index in [1.54, 1.807) is 11.3 Å². The molecule has 1 aromatic heterocycles. The minimum absolute atomic E-state index is 0.222. The van der Waals surface area contributed by atoms with Crippen molar-refractivity contribution in [2.45, 2.75) is 25.4 Å². The fraction of sp³-hybridized carbons (Fsp3) is 0.692. The third-order valence-electron chi connectivity index (χ3n) is 3.93. The van der Waals surface area contributed by atoms with Crippen LogP contribution in [0.25, 0.3) is 0 Å². The van der Waals surface area contributed by atoms with Gasteiger partial charge in [-0.05, 0) is 49.0 Å². The van der Waals surface area contributed by atoms with E-state index in [2.05, 4.69) is 58.8 Å². The molecule has 0 aromatic carbocycles. The summed E-state index contributed by atoms with van der Waals surface area (Å²) < 4.78 is 1.18. The molecule has 1 aliphatic heterocycles. The van der Waals surface area contributed by atoms with Crippen molar-refractivity contribution in [2.75, 3.05) is 33.2 Å². The first-order chi connectivity index (χ1) is 8.44. The van der Waals surface area contributed by atoms with Crippen molar-refractivity contribution in [3.8, 4) is 0 Å². The maximum Gasteiger partial charge on any atom is 0.0702 e. The largest absolute Gasteiger partial charge is 0.329 e. The van der Waals surface area contributed by atoms with Crippen molar-refractivity contribution >= 4 is 27.3 Å². The molecule has 2 rings (SSSR count). The van der Waals surface area contributed by atoms with Crippen LogP contribution in [0.15, 0.2) is 15.9 Å². The van der Waals surface area contributed by atoms with E-state index in [4.69, 9.17) is 5.73 Å². The number of thiophene rings is 1. The number of nitrogens with zero attached hydrogens (tertiary/aromatic N) is 2. The van der Waals surface area contributed by atoms with Crippen LogP contribution in [0, 0.1) is 0 Å². The van der Waals surface area contributed by atoms with Gasteiger partial charge in [-0.15, -0.1) is 11.3 Å². The van der Waals surface area contributed by atoms with Crippen LogP contribution in [-0.4, -0.2) is 48.6 Å². The molecule has 1 saturated heterocycles. The van der Waals surface area contributed by atoms with Crippen molar-refractivity contribution in [3.05, 3.63) is 20.8 Å². The third-order valence-corrected chi connectivity index (χ3v) is 5.66. The molecule has 1 aromatic rings. The molecule has 2 heterocycles. The molecular weight excluding hydrogens is 310 g/mol. The van der Waals surface area contributed by atoms with Crippen LogP contribution in [0.4, 0.5) is 0 Å². The zero-order chi connectivity index (χ0) is 13.3. The molecule has 3 nitrogen and oxygen atoms in total. The number of rotatable bonds is 3. The number of hydrogen-bond acceptors (Lipinski definition) is 4. The van der Waals surface area contributed by atoms with Crippen molar-refractivity contribution in [1.82, 2.24) is 9.80 Å². The highest BCUT2D eigenvalue weighted by Gasteiger charge is 2.34. The standard InChI is InChI=1S/C13H22BrN3S/c1-13(2)9-17(7-6-16(13)3)10(8-15)11-4-5-12(14)18-11/h4-5,10H,6-9,15H2,1-3H3. The number of hydrogen-bond donors (Lipinski definition) is 1. The second kappa shape index (κ2) is 5.59. The zero-order valence-electron chi connectivity index (χ0n) is 11.3. The maximum atomic E-state index is 6.00. The monoisotopic (exact) mass is 331 g/mol. The van der Waals surface area contributed by atoms with Gasteiger partial charge in [0.2, 0.25) is 0 Å². The average molecular weight is 332 g/mol. The summed E-state index contributed by atoms with van der Waals surface area (Å²) in [6, 6.07) is 4.66. The van der Waals surface area contributed by atoms with Crippen LogP contribution in [0.3, 0.4) is 0 Å². The van der Waals surface area contributed by atoms with Gasteiger partial charge in [0.05, 0.1) is 9.83 Å². The first-order valence-electron chi connectivity index (χ1n) is 6.34. The predicted octanol–water partition coefficient (Wildman–Crippen LogP) is 2.54. The summed E-state index contributed by atoms with van der Waals surface area (Å²) in [5.41, 5.74) is 6.23. The Morgan fingerprint density at radius 2 is 2.17 bits per heavy atom. The van der Waals surface area contributed by atoms with Gasteiger partial charge in [0.15, 0.2) is 0 Å². The fourth-order valence-corrected chi connectivity index (χ4v) is 4.07. The summed E-state index contributed by atoms with van der Waals surface area (Å²) in [4.78, 5) is 6.32. The molecule has 5 heteroatoms. The second-order valence-electron chi connectivity index (χ2n) is 5.60. The Labute approximate surface area is 122 Å². The minimum Gasteiger partial charge on any atom is -0.329 e. The Morgan fingerprint density at radius 1 is 1.44 bits per heavy atom. The van der Waals surface area contributed by atoms with E-state index in [0.717, 1.165) is 19.6 Å². The van der Waals surface area contributed by atoms with Gasteiger partial charge in [-0.1, -0.05) is 0 Å². The Bertz CT molecular complexity index is 405. The molecule has 0 aliphatic carbocycles. The van der Waals surface area contributed by atoms with E-state index in [0.29, 0.717) is 12.6 Å². The van der Waals surface area contributed by atoms with Crippen molar-refractivity contribution in [2.24, 2.45) is 5.73 Å². The molecule has 1 aliphatic rings. The lowest BCUT2D eigenvalue weighted by molar-refractivity contribution is 0.0188. The van der Waals surface area contributed by atoms with Crippen LogP contribution in [0.1, 0.15) is 24.8 Å². The Balaban J connectivity index is 2.14. The first-order valence-corrected chi connectivity index (χ1v) is 7.95. The molecule has 2 N–H and O–H groups in total. The zero-order valence-corrected chi connectivity index (χ0v) is 13.7. The van der Waals surface area contributed by atoms with Crippen molar-refractivity contribution < 1.29 is 0 Å². The molecule has 1 unspecified atom stereocenters. The summed E-state index contributed by atoms with van der Waals surface area (Å²) in [5.74, 6) is 0. The molecule has 1 atom stereocenters. The maximum absolute atomic E-state index is 6.00. The highest BCUT2D eigenvalue weighted by atomic mass is 79.9. The summed E-state index contributed by atoms with van der Waals surface area (Å²) in [7, 11) is 2.20. The SMILES string of the molecule is CN1CCN(C(CN)c2ccc(Br)s2)CC1(C)C. The lowest BCUT2D eigenvalue weighted by Crippen LogP contribution is -2.58. The average Bonchev–Trinajstić information content (AvgIpc) is 2.71. The Morgan fingerprint density at radius 3 is 2.67 bits per heavy atom. The van der Waals surface area contributed by atoms with E-state index < -0.39 is 0 Å². The van der Waals surface area contributed by atoms with Gasteiger partial charge >= 0.3 is 0 Å². The number of nitrogens with two attached hydrogens (primary N) is 1. The van der Waals surface area contributed by atoms with Gasteiger partial charge in [0.25, 0.3) is 0 Å². The summed E-state index contributed by atoms with van der Waals surface area (Å²) in [5, 5.41) is 0. The normalized spacial score (nSPS) is 23.2. The molecular formula is C13H22BrN3S. The van der Waals surface area contributed by atoms with Crippen LogP contribution >= 0.6 is 27.3 Å². The fourth-order valence-electron chi connectivity index (χ4n) is 2.50. The van der Waals surface area contributed by atoms with Crippen LogP contribution < -0.4 is 5.73 Å². The smallest absolute Gasteiger partial charge is 0.0702 e. The third kappa shape index (κ3) is 2.96. The number of likely N-dealkylation sites (N-methyl/N-ethyl adjacent to an activating group) is 1. The van der Waals surface area contributed by atoms with Gasteiger partial charge in [0.1, 0.15) is 0 Å². The topological polar surface area (TPSA) is 32.5 Å². The van der Waals surface area contributed by atoms with Gasteiger partial charge in [-0.2, -0.15) is 0 Å². The van der Waals surface area contributed by atoms with E-state index >= 15 is 0 Å². The minimum atomic E-state index is 0.222. The quantitative estimate of drug-likeness (QED) is 0.923. The van der Waals surface area contributed by atoms with E-state index in [-0.39, 0.29) is 5.54 Å². The van der Waals surface area contributed by atoms with Crippen LogP contribution in [0.2, 0.25) is 0 Å². The highest BCUT2D eigenvalue weighted by molar-refractivity contribution is 9.11. The predicted molar refractivity (Wildman–Crippen MR) is 82.1 cm³/mol. The summed E-state index contributed by atoms with van der Waals surface area (Å²) >= 11 is 5.33. The van der Waals surface area contributed by atoms with E-state index in [1.165, 1.54) is 8.66 Å². The summed E-state index contributed by atoms with van der Waals surface area (Å²) in [6.45, 7) is 8.56. The lowest BCUT2D eigenvalue weighted by atomic mass is 9.98. The lowest BCUT2D eigenvalue weighted by Gasteiger charge is -2.47. The van der Waals surface area contributed by atoms with Crippen molar-refractivity contribution in [3.63, 3.8) is 0 Å². The highest BCUT2D eigenvalue weighted by Crippen LogP contribution is 2.32. The number of piperazine rings is 1. The molecule has 102 valence electrons. The van der Waals surface area contributed by atoms with E-state index in [9.17, 15) is 0 Å². The molecule has 0 spiro atoms. The van der Waals surface area contributed by atoms with Crippen LogP contribution in [-0.2, 0) is 0 Å². The number of halogens is 1. The van der Waals surface area contributed by atoms with Gasteiger partial charge in [-0.25, -0.2) is 0 Å². The van der Waals surface area contributed by atoms with Crippen LogP contribution in [0.5, 0.6) is 0 Å². The first kappa shape index (κ1) is 14.5. The van der Waals surface area contributed by atoms with Gasteiger partial charge in [0, 0.05) is 36.6 Å². The Kier molecular flexibility index (Phi) is 4.49. The van der Waals surface area contributed by atoms with Gasteiger partial charge < -0.3 is 5.73 Å². The van der Waals surface area contributed by atoms with Gasteiger partial charge in [-0.3, -0.25) is 9.80 Å². The molecule has 0 saturated carbocycles.